The Balaban J connectivity index is 2.25. The largest absolute Gasteiger partial charge is 0.322 e. The second kappa shape index (κ2) is 6.08. The number of pyridine rings is 1. The van der Waals surface area contributed by atoms with Gasteiger partial charge in [0.15, 0.2) is 0 Å². The third-order valence-corrected chi connectivity index (χ3v) is 2.91. The number of anilines is 1. The van der Waals surface area contributed by atoms with E-state index in [1.54, 1.807) is 19.1 Å². The lowest BCUT2D eigenvalue weighted by atomic mass is 10.1. The Morgan fingerprint density at radius 3 is 2.76 bits per heavy atom. The monoisotopic (exact) mass is 289 g/mol. The van der Waals surface area contributed by atoms with Crippen LogP contribution in [0.3, 0.4) is 0 Å². The van der Waals surface area contributed by atoms with Crippen molar-refractivity contribution >= 4 is 17.3 Å². The summed E-state index contributed by atoms with van der Waals surface area (Å²) in [6.07, 6.45) is 1.69. The summed E-state index contributed by atoms with van der Waals surface area (Å²) in [6.45, 7) is 1.81. The quantitative estimate of drug-likeness (QED) is 0.532. The van der Waals surface area contributed by atoms with Crippen molar-refractivity contribution in [3.8, 4) is 0 Å². The van der Waals surface area contributed by atoms with Crippen LogP contribution < -0.4 is 5.32 Å². The van der Waals surface area contributed by atoms with Crippen molar-refractivity contribution < 1.29 is 14.1 Å². The molecule has 0 bridgehead atoms. The molecule has 0 fully saturated rings. The van der Waals surface area contributed by atoms with Gasteiger partial charge in [0.25, 0.3) is 11.6 Å². The molecule has 7 heteroatoms. The van der Waals surface area contributed by atoms with Gasteiger partial charge in [-0.15, -0.1) is 0 Å². The molecule has 0 aliphatic heterocycles. The lowest BCUT2D eigenvalue weighted by Crippen LogP contribution is -2.12. The summed E-state index contributed by atoms with van der Waals surface area (Å²) in [5, 5.41) is 13.5. The first-order valence-corrected chi connectivity index (χ1v) is 6.21. The van der Waals surface area contributed by atoms with Crippen LogP contribution in [-0.4, -0.2) is 15.8 Å². The van der Waals surface area contributed by atoms with Crippen molar-refractivity contribution in [1.29, 1.82) is 0 Å². The maximum absolute atomic E-state index is 13.0. The summed E-state index contributed by atoms with van der Waals surface area (Å²) in [4.78, 5) is 25.7. The Bertz CT molecular complexity index is 704. The Hall–Kier alpha value is -2.83. The molecule has 6 nitrogen and oxygen atoms in total. The van der Waals surface area contributed by atoms with Crippen LogP contribution in [0, 0.1) is 16.1 Å². The van der Waals surface area contributed by atoms with Crippen LogP contribution in [-0.2, 0) is 6.42 Å². The van der Waals surface area contributed by atoms with E-state index in [2.05, 4.69) is 10.3 Å². The molecule has 2 rings (SSSR count). The Morgan fingerprint density at radius 1 is 1.38 bits per heavy atom. The Labute approximate surface area is 119 Å². The molecule has 2 aromatic rings. The van der Waals surface area contributed by atoms with Gasteiger partial charge in [-0.3, -0.25) is 14.9 Å². The van der Waals surface area contributed by atoms with Crippen LogP contribution in [0.15, 0.2) is 36.5 Å². The normalized spacial score (nSPS) is 10.2. The van der Waals surface area contributed by atoms with E-state index < -0.39 is 16.8 Å². The van der Waals surface area contributed by atoms with E-state index in [0.29, 0.717) is 12.0 Å². The van der Waals surface area contributed by atoms with Crippen LogP contribution in [0.1, 0.15) is 22.8 Å². The highest BCUT2D eigenvalue weighted by Crippen LogP contribution is 2.24. The number of rotatable bonds is 4. The van der Waals surface area contributed by atoms with E-state index in [0.717, 1.165) is 6.07 Å². The van der Waals surface area contributed by atoms with Crippen LogP contribution >= 0.6 is 0 Å². The zero-order valence-corrected chi connectivity index (χ0v) is 11.2. The minimum Gasteiger partial charge on any atom is -0.322 e. The van der Waals surface area contributed by atoms with Crippen molar-refractivity contribution in [2.24, 2.45) is 0 Å². The molecule has 0 unspecified atom stereocenters. The first-order valence-electron chi connectivity index (χ1n) is 6.21. The number of benzene rings is 1. The van der Waals surface area contributed by atoms with Crippen LogP contribution in [0.4, 0.5) is 15.8 Å². The number of nitro benzene ring substituents is 1. The molecule has 0 saturated carbocycles. The van der Waals surface area contributed by atoms with E-state index in [9.17, 15) is 19.3 Å². The third kappa shape index (κ3) is 3.38. The van der Waals surface area contributed by atoms with Crippen molar-refractivity contribution in [2.75, 3.05) is 5.32 Å². The highest BCUT2D eigenvalue weighted by atomic mass is 19.1. The molecule has 1 amide bonds. The summed E-state index contributed by atoms with van der Waals surface area (Å²) in [5.74, 6) is -1.33. The highest BCUT2D eigenvalue weighted by Gasteiger charge is 2.15. The van der Waals surface area contributed by atoms with Gasteiger partial charge in [-0.05, 0) is 18.6 Å². The zero-order valence-electron chi connectivity index (χ0n) is 11.2. The van der Waals surface area contributed by atoms with Gasteiger partial charge in [-0.25, -0.2) is 4.98 Å². The van der Waals surface area contributed by atoms with Crippen LogP contribution in [0.5, 0.6) is 0 Å². The molecule has 21 heavy (non-hydrogen) atoms. The van der Waals surface area contributed by atoms with E-state index >= 15 is 0 Å². The predicted octanol–water partition coefficient (Wildman–Crippen LogP) is 2.94. The standard InChI is InChI=1S/C14H12FN3O3/c1-2-9-3-4-11(8-12(9)18(20)21)17-14(19)10-5-6-16-13(15)7-10/h3-8H,2H2,1H3,(H,17,19). The number of carbonyl (C=O) groups excluding carboxylic acids is 1. The minimum atomic E-state index is -0.769. The smallest absolute Gasteiger partial charge is 0.274 e. The van der Waals surface area contributed by atoms with Crippen molar-refractivity contribution in [3.05, 3.63) is 63.7 Å². The molecule has 0 aliphatic rings. The fourth-order valence-electron chi connectivity index (χ4n) is 1.86. The second-order valence-corrected chi connectivity index (χ2v) is 4.28. The third-order valence-electron chi connectivity index (χ3n) is 2.91. The molecule has 0 saturated heterocycles. The number of hydrogen-bond donors (Lipinski definition) is 1. The van der Waals surface area contributed by atoms with Crippen molar-refractivity contribution in [1.82, 2.24) is 4.98 Å². The van der Waals surface area contributed by atoms with Gasteiger partial charge in [0, 0.05) is 35.1 Å². The van der Waals surface area contributed by atoms with Crippen LogP contribution in [0.25, 0.3) is 0 Å². The summed E-state index contributed by atoms with van der Waals surface area (Å²) in [6, 6.07) is 6.79. The SMILES string of the molecule is CCc1ccc(NC(=O)c2ccnc(F)c2)cc1[N+](=O)[O-]. The van der Waals surface area contributed by atoms with Gasteiger partial charge in [-0.1, -0.05) is 13.0 Å². The molecule has 1 N–H and O–H groups in total. The topological polar surface area (TPSA) is 85.1 Å². The molecule has 1 heterocycles. The number of aromatic nitrogens is 1. The summed E-state index contributed by atoms with van der Waals surface area (Å²) in [7, 11) is 0. The maximum atomic E-state index is 13.0. The van der Waals surface area contributed by atoms with Gasteiger partial charge in [0.1, 0.15) is 0 Å². The maximum Gasteiger partial charge on any atom is 0.274 e. The number of nitrogens with zero attached hydrogens (tertiary/aromatic N) is 2. The molecule has 1 aromatic carbocycles. The highest BCUT2D eigenvalue weighted by molar-refractivity contribution is 6.04. The molecular weight excluding hydrogens is 277 g/mol. The second-order valence-electron chi connectivity index (χ2n) is 4.28. The molecule has 0 radical (unpaired) electrons. The Morgan fingerprint density at radius 2 is 2.14 bits per heavy atom. The average molecular weight is 289 g/mol. The zero-order chi connectivity index (χ0) is 15.4. The first kappa shape index (κ1) is 14.6. The van der Waals surface area contributed by atoms with Gasteiger partial charge in [0.2, 0.25) is 5.95 Å². The Kier molecular flexibility index (Phi) is 4.22. The van der Waals surface area contributed by atoms with E-state index in [-0.39, 0.29) is 16.9 Å². The van der Waals surface area contributed by atoms with E-state index in [1.165, 1.54) is 18.3 Å². The summed E-state index contributed by atoms with van der Waals surface area (Å²) < 4.78 is 13.0. The molecular formula is C14H12FN3O3. The van der Waals surface area contributed by atoms with Gasteiger partial charge >= 0.3 is 0 Å². The lowest BCUT2D eigenvalue weighted by molar-refractivity contribution is -0.385. The molecule has 1 aromatic heterocycles. The van der Waals surface area contributed by atoms with E-state index in [1.807, 2.05) is 0 Å². The number of carbonyl (C=O) groups is 1. The number of nitrogens with one attached hydrogen (secondary N) is 1. The number of aryl methyl sites for hydroxylation is 1. The lowest BCUT2D eigenvalue weighted by Gasteiger charge is -2.07. The van der Waals surface area contributed by atoms with Gasteiger partial charge < -0.3 is 5.32 Å². The molecule has 0 atom stereocenters. The fraction of sp³-hybridized carbons (Fsp3) is 0.143. The van der Waals surface area contributed by atoms with Gasteiger partial charge in [-0.2, -0.15) is 4.39 Å². The number of nitro groups is 1. The molecule has 108 valence electrons. The minimum absolute atomic E-state index is 0.0591. The molecule has 0 spiro atoms. The number of halogens is 1. The van der Waals surface area contributed by atoms with Gasteiger partial charge in [0.05, 0.1) is 4.92 Å². The molecule has 0 aliphatic carbocycles. The number of amides is 1. The van der Waals surface area contributed by atoms with Crippen molar-refractivity contribution in [3.63, 3.8) is 0 Å². The average Bonchev–Trinajstić information content (AvgIpc) is 2.47. The predicted molar refractivity (Wildman–Crippen MR) is 74.6 cm³/mol. The van der Waals surface area contributed by atoms with Crippen molar-refractivity contribution in [2.45, 2.75) is 13.3 Å². The fourth-order valence-corrected chi connectivity index (χ4v) is 1.86. The summed E-state index contributed by atoms with van der Waals surface area (Å²) in [5.41, 5.74) is 0.884. The van der Waals surface area contributed by atoms with E-state index in [4.69, 9.17) is 0 Å². The van der Waals surface area contributed by atoms with Crippen LogP contribution in [0.2, 0.25) is 0 Å². The first-order chi connectivity index (χ1) is 10.0. The number of hydrogen-bond acceptors (Lipinski definition) is 4. The summed E-state index contributed by atoms with van der Waals surface area (Å²) >= 11 is 0.